The molecule has 0 radical (unpaired) electrons. The molecule has 5 nitrogen and oxygen atoms in total. The van der Waals surface area contributed by atoms with Crippen LogP contribution in [0.4, 0.5) is 11.5 Å². The lowest BCUT2D eigenvalue weighted by atomic mass is 9.97. The first kappa shape index (κ1) is 23.7. The summed E-state index contributed by atoms with van der Waals surface area (Å²) in [5, 5.41) is 8.87. The minimum absolute atomic E-state index is 0.587. The van der Waals surface area contributed by atoms with Gasteiger partial charge in [-0.05, 0) is 49.1 Å². The Bertz CT molecular complexity index is 993. The van der Waals surface area contributed by atoms with Crippen molar-refractivity contribution in [3.05, 3.63) is 59.8 Å². The van der Waals surface area contributed by atoms with Crippen LogP contribution in [0.25, 0.3) is 5.57 Å². The number of piperazine rings is 1. The number of hydrogen-bond donors (Lipinski definition) is 0. The third-order valence-electron chi connectivity index (χ3n) is 5.99. The number of pyridine rings is 1. The minimum atomic E-state index is 0.587. The average molecular weight is 430 g/mol. The number of nitriles is 1. The van der Waals surface area contributed by atoms with E-state index in [0.717, 1.165) is 80.3 Å². The molecule has 0 amide bonds. The van der Waals surface area contributed by atoms with E-state index in [1.807, 2.05) is 12.3 Å². The highest BCUT2D eigenvalue weighted by Crippen LogP contribution is 2.31. The van der Waals surface area contributed by atoms with Gasteiger partial charge >= 0.3 is 0 Å². The quantitative estimate of drug-likeness (QED) is 0.485. The van der Waals surface area contributed by atoms with Crippen LogP contribution in [0.1, 0.15) is 56.7 Å². The Balaban J connectivity index is 1.96. The van der Waals surface area contributed by atoms with Crippen LogP contribution in [0.3, 0.4) is 0 Å². The van der Waals surface area contributed by atoms with Crippen LogP contribution in [0, 0.1) is 11.3 Å². The SMILES string of the molecule is C=C(C)c1c(CC)cccc1N=C(CCC)c1cccnc1N1CCN(CCC#N)CC1. The Kier molecular flexibility index (Phi) is 8.58. The first-order valence-electron chi connectivity index (χ1n) is 11.7. The first-order chi connectivity index (χ1) is 15.6. The molecule has 0 spiro atoms. The summed E-state index contributed by atoms with van der Waals surface area (Å²) < 4.78 is 0. The van der Waals surface area contributed by atoms with E-state index in [9.17, 15) is 0 Å². The van der Waals surface area contributed by atoms with Crippen molar-refractivity contribution in [3.63, 3.8) is 0 Å². The summed E-state index contributed by atoms with van der Waals surface area (Å²) in [5.41, 5.74) is 6.70. The first-order valence-corrected chi connectivity index (χ1v) is 11.7. The highest BCUT2D eigenvalue weighted by molar-refractivity contribution is 6.06. The summed E-state index contributed by atoms with van der Waals surface area (Å²) in [4.78, 5) is 14.7. The highest BCUT2D eigenvalue weighted by atomic mass is 15.3. The van der Waals surface area contributed by atoms with Crippen LogP contribution >= 0.6 is 0 Å². The molecule has 5 heteroatoms. The molecule has 0 bridgehead atoms. The summed E-state index contributed by atoms with van der Waals surface area (Å²) in [6.07, 6.45) is 5.34. The topological polar surface area (TPSA) is 55.5 Å². The normalized spacial score (nSPS) is 14.9. The molecule has 2 aromatic rings. The van der Waals surface area contributed by atoms with Crippen molar-refractivity contribution >= 4 is 22.8 Å². The van der Waals surface area contributed by atoms with E-state index >= 15 is 0 Å². The zero-order valence-electron chi connectivity index (χ0n) is 19.8. The molecule has 0 aliphatic carbocycles. The van der Waals surface area contributed by atoms with Gasteiger partial charge in [0.2, 0.25) is 0 Å². The lowest BCUT2D eigenvalue weighted by Gasteiger charge is -2.36. The third-order valence-corrected chi connectivity index (χ3v) is 5.99. The predicted octanol–water partition coefficient (Wildman–Crippen LogP) is 5.63. The lowest BCUT2D eigenvalue weighted by molar-refractivity contribution is 0.263. The number of hydrogen-bond acceptors (Lipinski definition) is 5. The zero-order valence-corrected chi connectivity index (χ0v) is 19.8. The van der Waals surface area contributed by atoms with Crippen LogP contribution in [0.15, 0.2) is 48.1 Å². The Morgan fingerprint density at radius 2 is 1.94 bits per heavy atom. The van der Waals surface area contributed by atoms with Gasteiger partial charge in [-0.1, -0.05) is 39.0 Å². The Morgan fingerprint density at radius 1 is 1.16 bits per heavy atom. The van der Waals surface area contributed by atoms with Crippen molar-refractivity contribution < 1.29 is 0 Å². The van der Waals surface area contributed by atoms with E-state index in [1.165, 1.54) is 11.1 Å². The molecule has 1 saturated heterocycles. The fourth-order valence-corrected chi connectivity index (χ4v) is 4.37. The molecule has 0 unspecified atom stereocenters. The fourth-order valence-electron chi connectivity index (χ4n) is 4.37. The number of aryl methyl sites for hydroxylation is 1. The molecular formula is C27H35N5. The number of rotatable bonds is 9. The Hall–Kier alpha value is -2.97. The van der Waals surface area contributed by atoms with E-state index in [4.69, 9.17) is 15.2 Å². The van der Waals surface area contributed by atoms with Gasteiger partial charge in [0.1, 0.15) is 5.82 Å². The molecule has 2 heterocycles. The van der Waals surface area contributed by atoms with Gasteiger partial charge in [-0.25, -0.2) is 4.98 Å². The summed E-state index contributed by atoms with van der Waals surface area (Å²) in [6.45, 7) is 15.2. The van der Waals surface area contributed by atoms with Crippen LogP contribution in [-0.4, -0.2) is 48.3 Å². The number of anilines is 1. The van der Waals surface area contributed by atoms with Gasteiger partial charge in [0, 0.05) is 56.5 Å². The molecule has 0 N–H and O–H groups in total. The minimum Gasteiger partial charge on any atom is -0.354 e. The molecule has 32 heavy (non-hydrogen) atoms. The van der Waals surface area contributed by atoms with Crippen LogP contribution in [0.5, 0.6) is 0 Å². The number of aromatic nitrogens is 1. The van der Waals surface area contributed by atoms with Gasteiger partial charge < -0.3 is 4.90 Å². The molecule has 1 fully saturated rings. The van der Waals surface area contributed by atoms with Crippen molar-refractivity contribution in [3.8, 4) is 6.07 Å². The highest BCUT2D eigenvalue weighted by Gasteiger charge is 2.22. The van der Waals surface area contributed by atoms with Gasteiger partial charge in [0.05, 0.1) is 17.5 Å². The number of benzene rings is 1. The molecule has 0 atom stereocenters. The second-order valence-corrected chi connectivity index (χ2v) is 8.37. The summed E-state index contributed by atoms with van der Waals surface area (Å²) in [7, 11) is 0. The molecule has 3 rings (SSSR count). The van der Waals surface area contributed by atoms with Crippen molar-refractivity contribution in [1.29, 1.82) is 5.26 Å². The van der Waals surface area contributed by atoms with E-state index in [-0.39, 0.29) is 0 Å². The third kappa shape index (κ3) is 5.63. The molecule has 0 saturated carbocycles. The van der Waals surface area contributed by atoms with Gasteiger partial charge in [0.25, 0.3) is 0 Å². The van der Waals surface area contributed by atoms with E-state index in [2.05, 4.69) is 67.5 Å². The number of allylic oxidation sites excluding steroid dienone is 1. The largest absolute Gasteiger partial charge is 0.354 e. The Morgan fingerprint density at radius 3 is 2.59 bits per heavy atom. The zero-order chi connectivity index (χ0) is 22.9. The standard InChI is InChI=1S/C27H35N5/c1-5-10-24(30-25-13-7-11-22(6-2)26(25)21(3)4)23-12-8-15-29-27(23)32-19-17-31(18-20-32)16-9-14-28/h7-8,11-13,15H,3,5-6,9-10,16-20H2,1-2,4H3. The molecular weight excluding hydrogens is 394 g/mol. The fraction of sp³-hybridized carbons (Fsp3) is 0.444. The van der Waals surface area contributed by atoms with Crippen LogP contribution in [-0.2, 0) is 6.42 Å². The summed E-state index contributed by atoms with van der Waals surface area (Å²) in [5.74, 6) is 1.02. The smallest absolute Gasteiger partial charge is 0.137 e. The van der Waals surface area contributed by atoms with Gasteiger partial charge in [-0.2, -0.15) is 5.26 Å². The molecule has 1 aromatic carbocycles. The average Bonchev–Trinajstić information content (AvgIpc) is 2.82. The van der Waals surface area contributed by atoms with E-state index in [0.29, 0.717) is 6.42 Å². The van der Waals surface area contributed by atoms with Crippen LogP contribution < -0.4 is 4.90 Å². The Labute approximate surface area is 193 Å². The second kappa shape index (κ2) is 11.6. The monoisotopic (exact) mass is 429 g/mol. The van der Waals surface area contributed by atoms with Crippen LogP contribution in [0.2, 0.25) is 0 Å². The van der Waals surface area contributed by atoms with E-state index in [1.54, 1.807) is 0 Å². The maximum Gasteiger partial charge on any atom is 0.137 e. The van der Waals surface area contributed by atoms with Crippen molar-refractivity contribution in [1.82, 2.24) is 9.88 Å². The molecule has 1 aromatic heterocycles. The molecule has 1 aliphatic heterocycles. The van der Waals surface area contributed by atoms with Crippen molar-refractivity contribution in [2.45, 2.75) is 46.5 Å². The van der Waals surface area contributed by atoms with Crippen molar-refractivity contribution in [2.75, 3.05) is 37.6 Å². The lowest BCUT2D eigenvalue weighted by Crippen LogP contribution is -2.47. The van der Waals surface area contributed by atoms with E-state index < -0.39 is 0 Å². The maximum absolute atomic E-state index is 8.87. The number of nitrogens with zero attached hydrogens (tertiary/aromatic N) is 5. The second-order valence-electron chi connectivity index (χ2n) is 8.37. The van der Waals surface area contributed by atoms with Crippen molar-refractivity contribution in [2.24, 2.45) is 4.99 Å². The van der Waals surface area contributed by atoms with Gasteiger partial charge in [0.15, 0.2) is 0 Å². The summed E-state index contributed by atoms with van der Waals surface area (Å²) >= 11 is 0. The molecule has 1 aliphatic rings. The van der Waals surface area contributed by atoms with Gasteiger partial charge in [-0.15, -0.1) is 0 Å². The predicted molar refractivity (Wildman–Crippen MR) is 135 cm³/mol. The summed E-state index contributed by atoms with van der Waals surface area (Å²) in [6, 6.07) is 12.8. The van der Waals surface area contributed by atoms with Gasteiger partial charge in [-0.3, -0.25) is 9.89 Å². The molecule has 168 valence electrons. The number of aliphatic imine (C=N–C) groups is 1. The maximum atomic E-state index is 8.87.